The molecule has 1 aliphatic heterocycles. The van der Waals surface area contributed by atoms with Crippen molar-refractivity contribution in [2.45, 2.75) is 31.6 Å². The second-order valence-corrected chi connectivity index (χ2v) is 6.07. The normalized spacial score (nSPS) is 26.8. The Morgan fingerprint density at radius 3 is 2.31 bits per heavy atom. The second-order valence-electron chi connectivity index (χ2n) is 3.70. The first kappa shape index (κ1) is 10.5. The number of hydrogen-bond acceptors (Lipinski definition) is 4. The fourth-order valence-corrected chi connectivity index (χ4v) is 2.91. The summed E-state index contributed by atoms with van der Waals surface area (Å²) in [6, 6.07) is -0.439. The maximum atomic E-state index is 11.5. The monoisotopic (exact) mass is 206 g/mol. The molecule has 0 aromatic rings. The van der Waals surface area contributed by atoms with Crippen LogP contribution in [0.4, 0.5) is 0 Å². The van der Waals surface area contributed by atoms with E-state index in [1.54, 1.807) is 6.92 Å². The van der Waals surface area contributed by atoms with Gasteiger partial charge in [-0.2, -0.15) is 0 Å². The van der Waals surface area contributed by atoms with Crippen molar-refractivity contribution in [1.82, 2.24) is 4.31 Å². The van der Waals surface area contributed by atoms with Gasteiger partial charge in [-0.3, -0.25) is 4.79 Å². The number of carbonyl (C=O) groups is 1. The smallest absolute Gasteiger partial charge is 0.259 e. The second kappa shape index (κ2) is 2.68. The number of sulfonamides is 1. The van der Waals surface area contributed by atoms with E-state index in [2.05, 4.69) is 0 Å². The van der Waals surface area contributed by atoms with E-state index >= 15 is 0 Å². The van der Waals surface area contributed by atoms with Gasteiger partial charge in [-0.15, -0.1) is 0 Å². The average Bonchev–Trinajstić information content (AvgIpc) is 2.03. The molecule has 1 atom stereocenters. The first-order valence-electron chi connectivity index (χ1n) is 4.05. The lowest BCUT2D eigenvalue weighted by molar-refractivity contribution is -0.133. The molecule has 0 aromatic carbocycles. The minimum atomic E-state index is -3.46. The van der Waals surface area contributed by atoms with Crippen molar-refractivity contribution < 1.29 is 13.2 Å². The zero-order valence-electron chi connectivity index (χ0n) is 7.94. The first-order chi connectivity index (χ1) is 5.76. The Kier molecular flexibility index (Phi) is 2.16. The molecule has 13 heavy (non-hydrogen) atoms. The Morgan fingerprint density at radius 1 is 1.54 bits per heavy atom. The van der Waals surface area contributed by atoms with Crippen LogP contribution in [0.15, 0.2) is 0 Å². The molecule has 2 N–H and O–H groups in total. The molecule has 1 amide bonds. The van der Waals surface area contributed by atoms with Gasteiger partial charge in [0.2, 0.25) is 0 Å². The van der Waals surface area contributed by atoms with Crippen LogP contribution >= 0.6 is 0 Å². The standard InChI is InChI=1S/C7H14N2O3S/c1-5(4-8)9-6(10)7(2,3)13(9,11)12/h5H,4,8H2,1-3H3. The Bertz CT molecular complexity index is 334. The van der Waals surface area contributed by atoms with Gasteiger partial charge in [-0.25, -0.2) is 12.7 Å². The highest BCUT2D eigenvalue weighted by Gasteiger charge is 2.61. The van der Waals surface area contributed by atoms with E-state index in [0.717, 1.165) is 4.31 Å². The topological polar surface area (TPSA) is 80.5 Å². The largest absolute Gasteiger partial charge is 0.328 e. The maximum Gasteiger partial charge on any atom is 0.259 e. The predicted molar refractivity (Wildman–Crippen MR) is 48.4 cm³/mol. The van der Waals surface area contributed by atoms with E-state index in [-0.39, 0.29) is 12.5 Å². The third-order valence-corrected chi connectivity index (χ3v) is 4.87. The highest BCUT2D eigenvalue weighted by molar-refractivity contribution is 7.94. The fraction of sp³-hybridized carbons (Fsp3) is 0.857. The number of hydrogen-bond donors (Lipinski definition) is 1. The highest BCUT2D eigenvalue weighted by Crippen LogP contribution is 2.36. The number of nitrogens with two attached hydrogens (primary N) is 1. The lowest BCUT2D eigenvalue weighted by atomic mass is 10.1. The summed E-state index contributed by atoms with van der Waals surface area (Å²) in [4.78, 5) is 11.4. The van der Waals surface area contributed by atoms with Crippen LogP contribution in [0.2, 0.25) is 0 Å². The molecular formula is C7H14N2O3S. The van der Waals surface area contributed by atoms with Gasteiger partial charge in [0.05, 0.1) is 6.04 Å². The minimum absolute atomic E-state index is 0.154. The summed E-state index contributed by atoms with van der Waals surface area (Å²) in [5, 5.41) is 0. The van der Waals surface area contributed by atoms with Crippen LogP contribution in [0.3, 0.4) is 0 Å². The lowest BCUT2D eigenvalue weighted by Crippen LogP contribution is -2.70. The van der Waals surface area contributed by atoms with Crippen molar-refractivity contribution in [2.24, 2.45) is 5.73 Å². The van der Waals surface area contributed by atoms with Gasteiger partial charge in [0.25, 0.3) is 15.9 Å². The van der Waals surface area contributed by atoms with Crippen molar-refractivity contribution in [3.63, 3.8) is 0 Å². The number of nitrogens with zero attached hydrogens (tertiary/aromatic N) is 1. The summed E-state index contributed by atoms with van der Waals surface area (Å²) in [5.74, 6) is -0.370. The molecule has 0 radical (unpaired) electrons. The zero-order valence-corrected chi connectivity index (χ0v) is 8.76. The Labute approximate surface area is 77.9 Å². The van der Waals surface area contributed by atoms with Crippen LogP contribution < -0.4 is 5.73 Å². The molecule has 5 nitrogen and oxygen atoms in total. The number of carbonyl (C=O) groups excluding carboxylic acids is 1. The maximum absolute atomic E-state index is 11.5. The van der Waals surface area contributed by atoms with Gasteiger partial charge in [-0.1, -0.05) is 0 Å². The molecule has 1 heterocycles. The summed E-state index contributed by atoms with van der Waals surface area (Å²) in [6.07, 6.45) is 0. The van der Waals surface area contributed by atoms with Crippen molar-refractivity contribution in [2.75, 3.05) is 6.54 Å². The SMILES string of the molecule is CC(CN)N1C(=O)C(C)(C)S1(=O)=O. The van der Waals surface area contributed by atoms with Gasteiger partial charge in [-0.05, 0) is 20.8 Å². The molecule has 1 unspecified atom stereocenters. The molecule has 1 fully saturated rings. The van der Waals surface area contributed by atoms with E-state index in [0.29, 0.717) is 0 Å². The molecule has 0 aliphatic carbocycles. The molecular weight excluding hydrogens is 192 g/mol. The molecule has 0 saturated carbocycles. The third kappa shape index (κ3) is 1.08. The summed E-state index contributed by atoms with van der Waals surface area (Å²) >= 11 is 0. The predicted octanol–water partition coefficient (Wildman–Crippen LogP) is -0.716. The van der Waals surface area contributed by atoms with Crippen molar-refractivity contribution in [1.29, 1.82) is 0 Å². The molecule has 6 heteroatoms. The summed E-state index contributed by atoms with van der Waals surface area (Å²) in [7, 11) is -3.46. The zero-order chi connectivity index (χ0) is 10.4. The van der Waals surface area contributed by atoms with Crippen molar-refractivity contribution in [3.05, 3.63) is 0 Å². The number of rotatable bonds is 2. The first-order valence-corrected chi connectivity index (χ1v) is 5.49. The van der Waals surface area contributed by atoms with E-state index in [1.165, 1.54) is 13.8 Å². The van der Waals surface area contributed by atoms with Crippen molar-refractivity contribution in [3.8, 4) is 0 Å². The van der Waals surface area contributed by atoms with Gasteiger partial charge in [0.1, 0.15) is 0 Å². The summed E-state index contributed by atoms with van der Waals surface area (Å²) in [5.41, 5.74) is 5.30. The van der Waals surface area contributed by atoms with Crippen molar-refractivity contribution >= 4 is 15.9 Å². The number of amides is 1. The van der Waals surface area contributed by atoms with Crippen LogP contribution in [0.5, 0.6) is 0 Å². The van der Waals surface area contributed by atoms with Gasteiger partial charge in [0.15, 0.2) is 4.75 Å². The molecule has 1 aliphatic rings. The average molecular weight is 206 g/mol. The van der Waals surface area contributed by atoms with Crippen LogP contribution in [0, 0.1) is 0 Å². The lowest BCUT2D eigenvalue weighted by Gasteiger charge is -2.45. The van der Waals surface area contributed by atoms with E-state index in [9.17, 15) is 13.2 Å². The molecule has 1 saturated heterocycles. The van der Waals surface area contributed by atoms with Crippen LogP contribution in [-0.2, 0) is 14.8 Å². The third-order valence-electron chi connectivity index (χ3n) is 2.36. The Hall–Kier alpha value is -0.620. The highest BCUT2D eigenvalue weighted by atomic mass is 32.2. The minimum Gasteiger partial charge on any atom is -0.328 e. The Balaban J connectivity index is 3.03. The van der Waals surface area contributed by atoms with Gasteiger partial charge in [0, 0.05) is 6.54 Å². The van der Waals surface area contributed by atoms with E-state index in [1.807, 2.05) is 0 Å². The van der Waals surface area contributed by atoms with Crippen LogP contribution in [0.1, 0.15) is 20.8 Å². The van der Waals surface area contributed by atoms with Crippen LogP contribution in [-0.4, -0.2) is 36.0 Å². The molecule has 1 rings (SSSR count). The van der Waals surface area contributed by atoms with Gasteiger partial charge < -0.3 is 5.73 Å². The molecule has 0 spiro atoms. The molecule has 0 aromatic heterocycles. The van der Waals surface area contributed by atoms with Crippen LogP contribution in [0.25, 0.3) is 0 Å². The van der Waals surface area contributed by atoms with E-state index in [4.69, 9.17) is 5.73 Å². The summed E-state index contributed by atoms with van der Waals surface area (Å²) in [6.45, 7) is 4.58. The molecule has 76 valence electrons. The summed E-state index contributed by atoms with van der Waals surface area (Å²) < 4.78 is 22.7. The van der Waals surface area contributed by atoms with Gasteiger partial charge >= 0.3 is 0 Å². The fourth-order valence-electron chi connectivity index (χ4n) is 1.22. The Morgan fingerprint density at radius 2 is 2.00 bits per heavy atom. The molecule has 0 bridgehead atoms. The van der Waals surface area contributed by atoms with E-state index < -0.39 is 20.8 Å². The quantitative estimate of drug-likeness (QED) is 0.647.